The van der Waals surface area contributed by atoms with Crippen molar-refractivity contribution in [1.29, 1.82) is 0 Å². The minimum Gasteiger partial charge on any atom is -0.383 e. The lowest BCUT2D eigenvalue weighted by molar-refractivity contribution is -0.129. The van der Waals surface area contributed by atoms with Crippen LogP contribution in [0.3, 0.4) is 0 Å². The van der Waals surface area contributed by atoms with Gasteiger partial charge in [0.15, 0.2) is 0 Å². The SMILES string of the molecule is COC[C@@H](C)NC(=O)CN1CCCC[C@@H]1c1ncc2c(n1)CCN(C(C)=O)C2. The monoisotopic (exact) mass is 389 g/mol. The minimum absolute atomic E-state index is 0.00603. The molecule has 1 fully saturated rings. The first-order valence-corrected chi connectivity index (χ1v) is 10.1. The van der Waals surface area contributed by atoms with E-state index in [9.17, 15) is 9.59 Å². The van der Waals surface area contributed by atoms with Gasteiger partial charge < -0.3 is 15.0 Å². The van der Waals surface area contributed by atoms with Crippen LogP contribution in [0.2, 0.25) is 0 Å². The smallest absolute Gasteiger partial charge is 0.234 e. The Morgan fingerprint density at radius 1 is 1.36 bits per heavy atom. The average molecular weight is 390 g/mol. The Kier molecular flexibility index (Phi) is 6.96. The Balaban J connectivity index is 1.68. The van der Waals surface area contributed by atoms with Crippen molar-refractivity contribution in [3.05, 3.63) is 23.3 Å². The Morgan fingerprint density at radius 3 is 2.93 bits per heavy atom. The molecule has 28 heavy (non-hydrogen) atoms. The summed E-state index contributed by atoms with van der Waals surface area (Å²) < 4.78 is 5.09. The summed E-state index contributed by atoms with van der Waals surface area (Å²) in [6.07, 6.45) is 5.77. The molecule has 0 unspecified atom stereocenters. The van der Waals surface area contributed by atoms with Crippen LogP contribution in [0.25, 0.3) is 0 Å². The lowest BCUT2D eigenvalue weighted by Gasteiger charge is -2.35. The van der Waals surface area contributed by atoms with Gasteiger partial charge in [0.05, 0.1) is 24.9 Å². The second-order valence-corrected chi connectivity index (χ2v) is 7.80. The van der Waals surface area contributed by atoms with Crippen molar-refractivity contribution in [3.8, 4) is 0 Å². The Labute approximate surface area is 166 Å². The van der Waals surface area contributed by atoms with E-state index < -0.39 is 0 Å². The number of fused-ring (bicyclic) bond motifs is 1. The third kappa shape index (κ3) is 5.05. The number of ether oxygens (including phenoxy) is 1. The van der Waals surface area contributed by atoms with Crippen molar-refractivity contribution < 1.29 is 14.3 Å². The fraction of sp³-hybridized carbons (Fsp3) is 0.700. The van der Waals surface area contributed by atoms with E-state index in [2.05, 4.69) is 15.2 Å². The fourth-order valence-electron chi connectivity index (χ4n) is 4.03. The molecule has 1 aromatic heterocycles. The van der Waals surface area contributed by atoms with Gasteiger partial charge in [-0.2, -0.15) is 0 Å². The van der Waals surface area contributed by atoms with Crippen molar-refractivity contribution >= 4 is 11.8 Å². The molecule has 0 bridgehead atoms. The van der Waals surface area contributed by atoms with Gasteiger partial charge in [-0.25, -0.2) is 9.97 Å². The molecule has 8 heteroatoms. The Bertz CT molecular complexity index is 711. The molecule has 2 atom stereocenters. The summed E-state index contributed by atoms with van der Waals surface area (Å²) in [6, 6.07) is 0.0540. The van der Waals surface area contributed by atoms with Crippen molar-refractivity contribution in [3.63, 3.8) is 0 Å². The van der Waals surface area contributed by atoms with Crippen LogP contribution in [0, 0.1) is 0 Å². The first kappa shape index (κ1) is 20.7. The van der Waals surface area contributed by atoms with Gasteiger partial charge in [-0.3, -0.25) is 14.5 Å². The highest BCUT2D eigenvalue weighted by atomic mass is 16.5. The number of carbonyl (C=O) groups excluding carboxylic acids is 2. The summed E-state index contributed by atoms with van der Waals surface area (Å²) in [7, 11) is 1.63. The zero-order chi connectivity index (χ0) is 20.1. The van der Waals surface area contributed by atoms with E-state index in [1.807, 2.05) is 18.0 Å². The van der Waals surface area contributed by atoms with E-state index in [1.54, 1.807) is 14.0 Å². The molecule has 0 radical (unpaired) electrons. The van der Waals surface area contributed by atoms with Gasteiger partial charge in [-0.15, -0.1) is 0 Å². The number of nitrogens with one attached hydrogen (secondary N) is 1. The van der Waals surface area contributed by atoms with Gasteiger partial charge in [0.2, 0.25) is 11.8 Å². The number of methoxy groups -OCH3 is 1. The van der Waals surface area contributed by atoms with Gasteiger partial charge in [0, 0.05) is 51.3 Å². The van der Waals surface area contributed by atoms with E-state index in [1.165, 1.54) is 0 Å². The summed E-state index contributed by atoms with van der Waals surface area (Å²) in [6.45, 7) is 6.53. The van der Waals surface area contributed by atoms with E-state index >= 15 is 0 Å². The number of piperidine rings is 1. The summed E-state index contributed by atoms with van der Waals surface area (Å²) >= 11 is 0. The van der Waals surface area contributed by atoms with Crippen LogP contribution in [-0.4, -0.2) is 71.0 Å². The first-order chi connectivity index (χ1) is 13.5. The average Bonchev–Trinajstić information content (AvgIpc) is 2.67. The third-order valence-electron chi connectivity index (χ3n) is 5.48. The third-order valence-corrected chi connectivity index (χ3v) is 5.48. The van der Waals surface area contributed by atoms with Crippen LogP contribution in [-0.2, 0) is 27.3 Å². The van der Waals surface area contributed by atoms with Crippen LogP contribution in [0.4, 0.5) is 0 Å². The summed E-state index contributed by atoms with van der Waals surface area (Å²) in [5, 5.41) is 2.98. The molecule has 0 aliphatic carbocycles. The number of rotatable bonds is 6. The van der Waals surface area contributed by atoms with Gasteiger partial charge in [-0.1, -0.05) is 6.42 Å². The summed E-state index contributed by atoms with van der Waals surface area (Å²) in [5.74, 6) is 0.890. The molecule has 1 saturated heterocycles. The predicted octanol–water partition coefficient (Wildman–Crippen LogP) is 1.06. The van der Waals surface area contributed by atoms with E-state index in [-0.39, 0.29) is 23.9 Å². The first-order valence-electron chi connectivity index (χ1n) is 10.1. The van der Waals surface area contributed by atoms with Crippen molar-refractivity contribution in [2.75, 3.05) is 33.4 Å². The molecule has 154 valence electrons. The zero-order valence-electron chi connectivity index (χ0n) is 17.1. The zero-order valence-corrected chi connectivity index (χ0v) is 17.1. The molecule has 2 amide bonds. The number of carbonyl (C=O) groups is 2. The minimum atomic E-state index is -0.00930. The number of amides is 2. The Hall–Kier alpha value is -2.06. The van der Waals surface area contributed by atoms with Gasteiger partial charge in [-0.05, 0) is 26.3 Å². The number of hydrogen-bond donors (Lipinski definition) is 1. The molecular formula is C20H31N5O3. The molecule has 0 spiro atoms. The number of likely N-dealkylation sites (tertiary alicyclic amines) is 1. The molecular weight excluding hydrogens is 358 g/mol. The second-order valence-electron chi connectivity index (χ2n) is 7.80. The predicted molar refractivity (Wildman–Crippen MR) is 104 cm³/mol. The number of nitrogens with zero attached hydrogens (tertiary/aromatic N) is 4. The highest BCUT2D eigenvalue weighted by molar-refractivity contribution is 5.78. The van der Waals surface area contributed by atoms with Crippen LogP contribution in [0.15, 0.2) is 6.20 Å². The maximum absolute atomic E-state index is 12.4. The maximum Gasteiger partial charge on any atom is 0.234 e. The highest BCUT2D eigenvalue weighted by Crippen LogP contribution is 2.29. The van der Waals surface area contributed by atoms with E-state index in [4.69, 9.17) is 9.72 Å². The standard InChI is InChI=1S/C20H31N5O3/c1-14(13-28-3)22-19(27)12-25-8-5-4-6-18(25)20-21-10-16-11-24(15(2)26)9-7-17(16)23-20/h10,14,18H,4-9,11-13H2,1-3H3,(H,22,27)/t14-,18-/m1/s1. The Morgan fingerprint density at radius 2 is 2.18 bits per heavy atom. The number of aromatic nitrogens is 2. The maximum atomic E-state index is 12.4. The van der Waals surface area contributed by atoms with Gasteiger partial charge in [0.1, 0.15) is 5.82 Å². The highest BCUT2D eigenvalue weighted by Gasteiger charge is 2.29. The molecule has 3 heterocycles. The normalized spacial score (nSPS) is 21.1. The van der Waals surface area contributed by atoms with Crippen LogP contribution in [0.5, 0.6) is 0 Å². The van der Waals surface area contributed by atoms with Gasteiger partial charge in [0.25, 0.3) is 0 Å². The summed E-state index contributed by atoms with van der Waals surface area (Å²) in [4.78, 5) is 37.5. The molecule has 2 aliphatic rings. The van der Waals surface area contributed by atoms with E-state index in [0.717, 1.165) is 49.3 Å². The molecule has 3 rings (SSSR count). The summed E-state index contributed by atoms with van der Waals surface area (Å²) in [5.41, 5.74) is 2.06. The fourth-order valence-corrected chi connectivity index (χ4v) is 4.03. The molecule has 0 saturated carbocycles. The van der Waals surface area contributed by atoms with Crippen molar-refractivity contribution in [1.82, 2.24) is 25.1 Å². The molecule has 1 N–H and O–H groups in total. The van der Waals surface area contributed by atoms with Crippen LogP contribution in [0.1, 0.15) is 56.2 Å². The molecule has 1 aromatic rings. The van der Waals surface area contributed by atoms with Crippen LogP contribution >= 0.6 is 0 Å². The van der Waals surface area contributed by atoms with Crippen molar-refractivity contribution in [2.24, 2.45) is 0 Å². The number of hydrogen-bond acceptors (Lipinski definition) is 6. The van der Waals surface area contributed by atoms with E-state index in [0.29, 0.717) is 26.2 Å². The molecule has 0 aromatic carbocycles. The van der Waals surface area contributed by atoms with Crippen LogP contribution < -0.4 is 5.32 Å². The quantitative estimate of drug-likeness (QED) is 0.783. The largest absolute Gasteiger partial charge is 0.383 e. The molecule has 2 aliphatic heterocycles. The lowest BCUT2D eigenvalue weighted by atomic mass is 10.0. The molecule has 8 nitrogen and oxygen atoms in total. The topological polar surface area (TPSA) is 87.7 Å². The van der Waals surface area contributed by atoms with Gasteiger partial charge >= 0.3 is 0 Å². The second kappa shape index (κ2) is 9.43. The van der Waals surface area contributed by atoms with Crippen molar-refractivity contribution in [2.45, 2.75) is 58.2 Å². The lowest BCUT2D eigenvalue weighted by Crippen LogP contribution is -2.45.